The zero-order chi connectivity index (χ0) is 17.7. The molecule has 1 aliphatic heterocycles. The summed E-state index contributed by atoms with van der Waals surface area (Å²) in [6, 6.07) is 10.1. The van der Waals surface area contributed by atoms with E-state index in [1.807, 2.05) is 18.2 Å². The van der Waals surface area contributed by atoms with Gasteiger partial charge in [0, 0.05) is 16.5 Å². The molecule has 0 bridgehead atoms. The van der Waals surface area contributed by atoms with Gasteiger partial charge in [0.15, 0.2) is 6.79 Å². The number of benzene rings is 2. The molecule has 0 atom stereocenters. The third-order valence-electron chi connectivity index (χ3n) is 4.44. The van der Waals surface area contributed by atoms with Gasteiger partial charge in [-0.3, -0.25) is 9.36 Å². The highest BCUT2D eigenvalue weighted by atomic mass is 19.1. The molecule has 0 radical (unpaired) electrons. The first-order valence-electron chi connectivity index (χ1n) is 8.09. The first kappa shape index (κ1) is 15.1. The van der Waals surface area contributed by atoms with Crippen LogP contribution < -0.4 is 10.3 Å². The van der Waals surface area contributed by atoms with Gasteiger partial charge in [-0.25, -0.2) is 9.37 Å². The van der Waals surface area contributed by atoms with E-state index in [4.69, 9.17) is 13.9 Å². The minimum absolute atomic E-state index is 0.0986. The first-order chi connectivity index (χ1) is 12.7. The molecule has 7 heteroatoms. The average Bonchev–Trinajstić information content (AvgIpc) is 3.03. The van der Waals surface area contributed by atoms with E-state index in [1.165, 1.54) is 23.0 Å². The van der Waals surface area contributed by atoms with Crippen LogP contribution in [0.5, 0.6) is 5.75 Å². The molecule has 130 valence electrons. The maximum atomic E-state index is 13.9. The van der Waals surface area contributed by atoms with E-state index in [9.17, 15) is 9.18 Å². The maximum Gasteiger partial charge on any atom is 0.297 e. The van der Waals surface area contributed by atoms with Gasteiger partial charge >= 0.3 is 0 Å². The van der Waals surface area contributed by atoms with Crippen LogP contribution in [0.25, 0.3) is 22.1 Å². The normalized spacial score (nSPS) is 13.7. The predicted octanol–water partition coefficient (Wildman–Crippen LogP) is 3.20. The Morgan fingerprint density at radius 1 is 1.23 bits per heavy atom. The van der Waals surface area contributed by atoms with Gasteiger partial charge in [0.05, 0.1) is 19.5 Å². The number of para-hydroxylation sites is 1. The quantitative estimate of drug-likeness (QED) is 0.554. The smallest absolute Gasteiger partial charge is 0.297 e. The van der Waals surface area contributed by atoms with Crippen molar-refractivity contribution in [2.45, 2.75) is 13.2 Å². The molecule has 0 saturated heterocycles. The van der Waals surface area contributed by atoms with Crippen LogP contribution >= 0.6 is 0 Å². The lowest BCUT2D eigenvalue weighted by molar-refractivity contribution is -0.0173. The van der Waals surface area contributed by atoms with Crippen molar-refractivity contribution in [3.8, 4) is 5.75 Å². The van der Waals surface area contributed by atoms with Crippen LogP contribution in [-0.2, 0) is 17.9 Å². The Kier molecular flexibility index (Phi) is 3.29. The maximum absolute atomic E-state index is 13.9. The molecule has 1 aliphatic rings. The van der Waals surface area contributed by atoms with Crippen LogP contribution in [0.2, 0.25) is 0 Å². The van der Waals surface area contributed by atoms with E-state index in [2.05, 4.69) is 4.98 Å². The topological polar surface area (TPSA) is 66.5 Å². The molecule has 2 aromatic heterocycles. The van der Waals surface area contributed by atoms with Gasteiger partial charge in [-0.2, -0.15) is 0 Å². The van der Waals surface area contributed by atoms with E-state index < -0.39 is 5.82 Å². The molecule has 0 aliphatic carbocycles. The van der Waals surface area contributed by atoms with E-state index >= 15 is 0 Å². The van der Waals surface area contributed by atoms with E-state index in [-0.39, 0.29) is 31.1 Å². The summed E-state index contributed by atoms with van der Waals surface area (Å²) in [4.78, 5) is 17.2. The van der Waals surface area contributed by atoms with Crippen LogP contribution in [0.4, 0.5) is 4.39 Å². The highest BCUT2D eigenvalue weighted by Gasteiger charge is 2.19. The molecule has 0 N–H and O–H groups in total. The Morgan fingerprint density at radius 2 is 2.12 bits per heavy atom. The van der Waals surface area contributed by atoms with Gasteiger partial charge < -0.3 is 13.9 Å². The molecular weight excluding hydrogens is 339 g/mol. The number of hydrogen-bond acceptors (Lipinski definition) is 5. The summed E-state index contributed by atoms with van der Waals surface area (Å²) in [5.74, 6) is 0.146. The molecule has 6 nitrogen and oxygen atoms in total. The largest absolute Gasteiger partial charge is 0.467 e. The van der Waals surface area contributed by atoms with E-state index in [0.717, 1.165) is 5.39 Å². The summed E-state index contributed by atoms with van der Waals surface area (Å²) in [6.07, 6.45) is 1.45. The number of aromatic nitrogens is 2. The molecule has 0 unspecified atom stereocenters. The lowest BCUT2D eigenvalue weighted by Crippen LogP contribution is -2.22. The summed E-state index contributed by atoms with van der Waals surface area (Å²) >= 11 is 0. The molecule has 3 heterocycles. The fraction of sp³-hybridized carbons (Fsp3) is 0.158. The number of furan rings is 1. The Morgan fingerprint density at radius 3 is 3.04 bits per heavy atom. The summed E-state index contributed by atoms with van der Waals surface area (Å²) in [5.41, 5.74) is 2.17. The SMILES string of the molecule is O=c1c2oc3ccccc3c2ncn1Cc1cc(F)cc2c1OCOC2. The molecule has 0 spiro atoms. The van der Waals surface area contributed by atoms with Crippen LogP contribution in [0.1, 0.15) is 11.1 Å². The van der Waals surface area contributed by atoms with E-state index in [1.54, 1.807) is 6.07 Å². The average molecular weight is 352 g/mol. The number of halogens is 1. The molecular formula is C19H13FN2O4. The van der Waals surface area contributed by atoms with Gasteiger partial charge in [0.1, 0.15) is 22.7 Å². The van der Waals surface area contributed by atoms with Gasteiger partial charge in [-0.15, -0.1) is 0 Å². The van der Waals surface area contributed by atoms with Crippen molar-refractivity contribution >= 4 is 22.1 Å². The van der Waals surface area contributed by atoms with Crippen LogP contribution in [0, 0.1) is 5.82 Å². The molecule has 0 saturated carbocycles. The zero-order valence-electron chi connectivity index (χ0n) is 13.6. The number of rotatable bonds is 2. The van der Waals surface area contributed by atoms with Gasteiger partial charge in [-0.05, 0) is 24.3 Å². The molecule has 0 fully saturated rings. The minimum Gasteiger partial charge on any atom is -0.467 e. The Bertz CT molecular complexity index is 1210. The highest BCUT2D eigenvalue weighted by molar-refractivity contribution is 6.01. The number of nitrogens with zero attached hydrogens (tertiary/aromatic N) is 2. The van der Waals surface area contributed by atoms with Gasteiger partial charge in [0.25, 0.3) is 5.56 Å². The van der Waals surface area contributed by atoms with Crippen molar-refractivity contribution in [3.05, 3.63) is 70.0 Å². The van der Waals surface area contributed by atoms with Crippen molar-refractivity contribution in [2.24, 2.45) is 0 Å². The van der Waals surface area contributed by atoms with Crippen molar-refractivity contribution < 1.29 is 18.3 Å². The Balaban J connectivity index is 1.65. The summed E-state index contributed by atoms with van der Waals surface area (Å²) in [6.45, 7) is 0.496. The van der Waals surface area contributed by atoms with Gasteiger partial charge in [0.2, 0.25) is 5.58 Å². The molecule has 26 heavy (non-hydrogen) atoms. The molecule has 5 rings (SSSR count). The Hall–Kier alpha value is -3.19. The number of fused-ring (bicyclic) bond motifs is 4. The standard InChI is InChI=1S/C19H13FN2O4/c20-13-5-11(17-12(6-13)8-24-10-25-17)7-22-9-21-16-14-3-1-2-4-15(14)26-18(16)19(22)23/h1-6,9H,7-8,10H2. The third-order valence-corrected chi connectivity index (χ3v) is 4.44. The van der Waals surface area contributed by atoms with Crippen molar-refractivity contribution in [1.29, 1.82) is 0 Å². The number of ether oxygens (including phenoxy) is 2. The lowest BCUT2D eigenvalue weighted by Gasteiger charge is -2.21. The second-order valence-electron chi connectivity index (χ2n) is 6.12. The fourth-order valence-electron chi connectivity index (χ4n) is 3.29. The zero-order valence-corrected chi connectivity index (χ0v) is 13.6. The highest BCUT2D eigenvalue weighted by Crippen LogP contribution is 2.30. The van der Waals surface area contributed by atoms with Crippen LogP contribution in [0.15, 0.2) is 51.9 Å². The predicted molar refractivity (Wildman–Crippen MR) is 91.6 cm³/mol. The lowest BCUT2D eigenvalue weighted by atomic mass is 10.1. The summed E-state index contributed by atoms with van der Waals surface area (Å²) < 4.78 is 31.7. The summed E-state index contributed by atoms with van der Waals surface area (Å²) in [5, 5.41) is 0.787. The second kappa shape index (κ2) is 5.67. The number of hydrogen-bond donors (Lipinski definition) is 0. The second-order valence-corrected chi connectivity index (χ2v) is 6.12. The molecule has 4 aromatic rings. The monoisotopic (exact) mass is 352 g/mol. The summed E-state index contributed by atoms with van der Waals surface area (Å²) in [7, 11) is 0. The fourth-order valence-corrected chi connectivity index (χ4v) is 3.29. The van der Waals surface area contributed by atoms with Crippen LogP contribution in [0.3, 0.4) is 0 Å². The van der Waals surface area contributed by atoms with Crippen molar-refractivity contribution in [2.75, 3.05) is 6.79 Å². The molecule has 2 aromatic carbocycles. The van der Waals surface area contributed by atoms with E-state index in [0.29, 0.717) is 28.0 Å². The van der Waals surface area contributed by atoms with Crippen molar-refractivity contribution in [3.63, 3.8) is 0 Å². The molecule has 0 amide bonds. The van der Waals surface area contributed by atoms with Crippen LogP contribution in [-0.4, -0.2) is 16.3 Å². The first-order valence-corrected chi connectivity index (χ1v) is 8.09. The third kappa shape index (κ3) is 2.28. The Labute approximate surface area is 146 Å². The minimum atomic E-state index is -0.404. The van der Waals surface area contributed by atoms with Gasteiger partial charge in [-0.1, -0.05) is 12.1 Å². The van der Waals surface area contributed by atoms with Crippen molar-refractivity contribution in [1.82, 2.24) is 9.55 Å².